The zero-order valence-electron chi connectivity index (χ0n) is 14.4. The summed E-state index contributed by atoms with van der Waals surface area (Å²) < 4.78 is 45.7. The number of hydrogen-bond acceptors (Lipinski definition) is 2. The van der Waals surface area contributed by atoms with Crippen LogP contribution in [0.1, 0.15) is 5.56 Å². The summed E-state index contributed by atoms with van der Waals surface area (Å²) in [6.45, 7) is 14.0. The first-order chi connectivity index (χ1) is 12.2. The Morgan fingerprint density at radius 1 is 1.04 bits per heavy atom. The summed E-state index contributed by atoms with van der Waals surface area (Å²) in [6.07, 6.45) is 5.85. The second-order valence-electron chi connectivity index (χ2n) is 5.21. The molecule has 0 bridgehead atoms. The molecule has 1 rings (SSSR count). The molecule has 0 saturated heterocycles. The summed E-state index contributed by atoms with van der Waals surface area (Å²) in [7, 11) is 1.17. The van der Waals surface area contributed by atoms with Crippen LogP contribution >= 0.6 is 0 Å². The number of benzene rings is 1. The lowest BCUT2D eigenvalue weighted by molar-refractivity contribution is 0.281. The molecular formula is C21H19F3O2. The van der Waals surface area contributed by atoms with Crippen molar-refractivity contribution in [1.82, 2.24) is 0 Å². The van der Waals surface area contributed by atoms with Gasteiger partial charge in [-0.1, -0.05) is 50.6 Å². The third-order valence-corrected chi connectivity index (χ3v) is 3.30. The average Bonchev–Trinajstić information content (AvgIpc) is 2.62. The van der Waals surface area contributed by atoms with E-state index in [1.807, 2.05) is 0 Å². The molecule has 0 atom stereocenters. The number of rotatable bonds is 8. The van der Waals surface area contributed by atoms with Crippen LogP contribution in [0.4, 0.5) is 13.2 Å². The maximum atomic E-state index is 13.9. The van der Waals surface area contributed by atoms with E-state index in [-0.39, 0.29) is 22.5 Å². The van der Waals surface area contributed by atoms with Gasteiger partial charge in [-0.3, -0.25) is 0 Å². The first kappa shape index (κ1) is 20.8. The second-order valence-corrected chi connectivity index (χ2v) is 5.21. The normalized spacial score (nSPS) is 12.2. The Hall–Kier alpha value is -3.21. The predicted molar refractivity (Wildman–Crippen MR) is 99.0 cm³/mol. The number of phenols is 1. The molecule has 0 radical (unpaired) electrons. The van der Waals surface area contributed by atoms with Crippen molar-refractivity contribution in [3.8, 4) is 5.75 Å². The maximum absolute atomic E-state index is 13.9. The highest BCUT2D eigenvalue weighted by atomic mass is 19.2. The van der Waals surface area contributed by atoms with Crippen LogP contribution < -0.4 is 0 Å². The van der Waals surface area contributed by atoms with Crippen molar-refractivity contribution in [3.63, 3.8) is 0 Å². The van der Waals surface area contributed by atoms with E-state index in [1.54, 1.807) is 0 Å². The molecule has 1 N–H and O–H groups in total. The summed E-state index contributed by atoms with van der Waals surface area (Å²) >= 11 is 0. The molecule has 136 valence electrons. The zero-order chi connectivity index (χ0) is 19.9. The molecule has 2 nitrogen and oxygen atoms in total. The second kappa shape index (κ2) is 9.32. The van der Waals surface area contributed by atoms with Gasteiger partial charge in [0, 0.05) is 17.2 Å². The lowest BCUT2D eigenvalue weighted by Crippen LogP contribution is -1.93. The molecule has 0 spiro atoms. The highest BCUT2D eigenvalue weighted by molar-refractivity contribution is 5.57. The molecule has 0 aliphatic carbocycles. The van der Waals surface area contributed by atoms with Crippen molar-refractivity contribution in [2.45, 2.75) is 0 Å². The molecule has 26 heavy (non-hydrogen) atoms. The van der Waals surface area contributed by atoms with Crippen LogP contribution in [0.15, 0.2) is 96.9 Å². The van der Waals surface area contributed by atoms with Crippen molar-refractivity contribution in [3.05, 3.63) is 108 Å². The van der Waals surface area contributed by atoms with Crippen LogP contribution in [0.3, 0.4) is 0 Å². The van der Waals surface area contributed by atoms with E-state index in [0.29, 0.717) is 5.57 Å². The van der Waals surface area contributed by atoms with Crippen molar-refractivity contribution in [2.75, 3.05) is 7.11 Å². The number of allylic oxidation sites excluding steroid dienone is 8. The fourth-order valence-electron chi connectivity index (χ4n) is 1.70. The first-order valence-electron chi connectivity index (χ1n) is 7.38. The average molecular weight is 360 g/mol. The summed E-state index contributed by atoms with van der Waals surface area (Å²) in [4.78, 5) is 0. The van der Waals surface area contributed by atoms with Gasteiger partial charge < -0.3 is 9.84 Å². The number of methoxy groups -OCH3 is 1. The molecule has 0 aliphatic rings. The molecule has 0 saturated carbocycles. The third kappa shape index (κ3) is 5.70. The van der Waals surface area contributed by atoms with Gasteiger partial charge in [0.05, 0.1) is 7.11 Å². The molecule has 0 aromatic heterocycles. The van der Waals surface area contributed by atoms with E-state index < -0.39 is 23.2 Å². The van der Waals surface area contributed by atoms with Gasteiger partial charge in [0.15, 0.2) is 5.83 Å². The SMILES string of the molecule is C=C(/C=C\C(=C)C(=C)/C(F)=C(/F)C(=C)OC)/C=C/c1ccc(O)cc1F. The van der Waals surface area contributed by atoms with E-state index in [0.717, 1.165) is 6.07 Å². The minimum absolute atomic E-state index is 0.118. The summed E-state index contributed by atoms with van der Waals surface area (Å²) in [5.41, 5.74) is 0.567. The van der Waals surface area contributed by atoms with E-state index in [4.69, 9.17) is 5.11 Å². The lowest BCUT2D eigenvalue weighted by Gasteiger charge is -2.06. The van der Waals surface area contributed by atoms with Gasteiger partial charge in [0.1, 0.15) is 17.3 Å². The quantitative estimate of drug-likeness (QED) is 0.450. The standard InChI is InChI=1S/C21H19F3O2/c1-13(7-9-17-10-11-18(25)12-19(17)22)6-8-14(2)15(3)20(23)21(24)16(4)26-5/h6-12,25H,1-4H2,5H3/b8-6-,9-7+,21-20-. The maximum Gasteiger partial charge on any atom is 0.200 e. The van der Waals surface area contributed by atoms with Crippen LogP contribution in [0.25, 0.3) is 6.08 Å². The first-order valence-corrected chi connectivity index (χ1v) is 7.38. The molecular weight excluding hydrogens is 341 g/mol. The molecule has 0 unspecified atom stereocenters. The fraction of sp³-hybridized carbons (Fsp3) is 0.0476. The van der Waals surface area contributed by atoms with Gasteiger partial charge in [0.2, 0.25) is 5.83 Å². The van der Waals surface area contributed by atoms with Gasteiger partial charge in [0.25, 0.3) is 0 Å². The Bertz CT molecular complexity index is 843. The molecule has 5 heteroatoms. The van der Waals surface area contributed by atoms with Gasteiger partial charge >= 0.3 is 0 Å². The summed E-state index contributed by atoms with van der Waals surface area (Å²) in [5.74, 6) is -3.69. The Kier molecular flexibility index (Phi) is 7.47. The van der Waals surface area contributed by atoms with E-state index in [9.17, 15) is 13.2 Å². The zero-order valence-corrected chi connectivity index (χ0v) is 14.4. The Labute approximate surface area is 150 Å². The smallest absolute Gasteiger partial charge is 0.200 e. The van der Waals surface area contributed by atoms with Crippen molar-refractivity contribution < 1.29 is 23.0 Å². The number of aromatic hydroxyl groups is 1. The minimum Gasteiger partial charge on any atom is -0.508 e. The number of phenolic OH excluding ortho intramolecular Hbond substituents is 1. The Morgan fingerprint density at radius 2 is 1.69 bits per heavy atom. The van der Waals surface area contributed by atoms with Crippen molar-refractivity contribution in [2.24, 2.45) is 0 Å². The summed E-state index contributed by atoms with van der Waals surface area (Å²) in [5, 5.41) is 9.16. The number of halogens is 3. The highest BCUT2D eigenvalue weighted by Crippen LogP contribution is 2.26. The van der Waals surface area contributed by atoms with Gasteiger partial charge in [-0.25, -0.2) is 8.78 Å². The van der Waals surface area contributed by atoms with Crippen LogP contribution in [-0.4, -0.2) is 12.2 Å². The molecule has 1 aromatic rings. The van der Waals surface area contributed by atoms with Crippen LogP contribution in [0.5, 0.6) is 5.75 Å². The van der Waals surface area contributed by atoms with Gasteiger partial charge in [-0.2, -0.15) is 4.39 Å². The molecule has 1 aromatic carbocycles. The Morgan fingerprint density at radius 3 is 2.27 bits per heavy atom. The van der Waals surface area contributed by atoms with E-state index in [1.165, 1.54) is 43.5 Å². The Balaban J connectivity index is 2.81. The van der Waals surface area contributed by atoms with Gasteiger partial charge in [-0.05, 0) is 23.3 Å². The lowest BCUT2D eigenvalue weighted by atomic mass is 10.1. The molecule has 0 fully saturated rings. The minimum atomic E-state index is -1.26. The van der Waals surface area contributed by atoms with E-state index in [2.05, 4.69) is 31.1 Å². The van der Waals surface area contributed by atoms with Crippen LogP contribution in [0, 0.1) is 5.82 Å². The fourth-order valence-corrected chi connectivity index (χ4v) is 1.70. The predicted octanol–water partition coefficient (Wildman–Crippen LogP) is 6.08. The van der Waals surface area contributed by atoms with Crippen molar-refractivity contribution in [1.29, 1.82) is 0 Å². The number of hydrogen-bond donors (Lipinski definition) is 1. The van der Waals surface area contributed by atoms with Crippen molar-refractivity contribution >= 4 is 6.08 Å². The summed E-state index contributed by atoms with van der Waals surface area (Å²) in [6, 6.07) is 3.75. The third-order valence-electron chi connectivity index (χ3n) is 3.30. The van der Waals surface area contributed by atoms with Crippen LogP contribution in [0.2, 0.25) is 0 Å². The highest BCUT2D eigenvalue weighted by Gasteiger charge is 2.14. The van der Waals surface area contributed by atoms with Crippen LogP contribution in [-0.2, 0) is 4.74 Å². The molecule has 0 heterocycles. The van der Waals surface area contributed by atoms with Gasteiger partial charge in [-0.15, -0.1) is 0 Å². The van der Waals surface area contributed by atoms with E-state index >= 15 is 0 Å². The molecule has 0 aliphatic heterocycles. The number of ether oxygens (including phenoxy) is 1. The monoisotopic (exact) mass is 360 g/mol. The molecule has 0 amide bonds. The topological polar surface area (TPSA) is 29.5 Å². The largest absolute Gasteiger partial charge is 0.508 e.